The predicted octanol–water partition coefficient (Wildman–Crippen LogP) is 2.57. The van der Waals surface area contributed by atoms with Gasteiger partial charge in [-0.05, 0) is 19.9 Å². The highest BCUT2D eigenvalue weighted by atomic mass is 35.5. The maximum Gasteiger partial charge on any atom is 0.138 e. The average molecular weight is 232 g/mol. The molecule has 0 radical (unpaired) electrons. The smallest absolute Gasteiger partial charge is 0.138 e. The van der Waals surface area contributed by atoms with Crippen molar-refractivity contribution in [2.45, 2.75) is 38.3 Å². The van der Waals surface area contributed by atoms with E-state index in [0.29, 0.717) is 6.04 Å². The van der Waals surface area contributed by atoms with Crippen molar-refractivity contribution in [1.29, 1.82) is 0 Å². The monoisotopic (exact) mass is 231 g/mol. The van der Waals surface area contributed by atoms with E-state index in [9.17, 15) is 0 Å². The van der Waals surface area contributed by atoms with Crippen LogP contribution in [-0.4, -0.2) is 27.6 Å². The van der Waals surface area contributed by atoms with Gasteiger partial charge in [0.05, 0.1) is 0 Å². The van der Waals surface area contributed by atoms with Crippen LogP contribution < -0.4 is 0 Å². The first kappa shape index (κ1) is 10.3. The number of halogens is 1. The molecule has 1 aromatic heterocycles. The summed E-state index contributed by atoms with van der Waals surface area (Å²) >= 11 is 7.22. The minimum Gasteiger partial charge on any atom is -0.297 e. The van der Waals surface area contributed by atoms with E-state index in [1.807, 2.05) is 0 Å². The fraction of sp³-hybridized carbons (Fsp3) is 0.778. The van der Waals surface area contributed by atoms with Crippen LogP contribution in [0.5, 0.6) is 0 Å². The quantitative estimate of drug-likeness (QED) is 0.801. The van der Waals surface area contributed by atoms with Gasteiger partial charge in [0.1, 0.15) is 10.0 Å². The first-order chi connectivity index (χ1) is 6.77. The van der Waals surface area contributed by atoms with Crippen LogP contribution in [0.15, 0.2) is 0 Å². The fourth-order valence-electron chi connectivity index (χ4n) is 2.00. The molecular weight excluding hydrogens is 218 g/mol. The Morgan fingerprint density at radius 1 is 1.50 bits per heavy atom. The second kappa shape index (κ2) is 4.55. The number of rotatable bonds is 3. The number of hydrogen-bond acceptors (Lipinski definition) is 4. The van der Waals surface area contributed by atoms with E-state index in [0.717, 1.165) is 16.6 Å². The molecule has 0 N–H and O–H groups in total. The van der Waals surface area contributed by atoms with Crippen LogP contribution in [0.3, 0.4) is 0 Å². The first-order valence-corrected chi connectivity index (χ1v) is 6.09. The van der Waals surface area contributed by atoms with Crippen molar-refractivity contribution >= 4 is 23.1 Å². The maximum absolute atomic E-state index is 5.96. The summed E-state index contributed by atoms with van der Waals surface area (Å²) in [5.41, 5.74) is 0.922. The van der Waals surface area contributed by atoms with E-state index in [2.05, 4.69) is 21.5 Å². The van der Waals surface area contributed by atoms with Gasteiger partial charge in [0.15, 0.2) is 0 Å². The SMILES string of the molecule is CN(Cc1nnsc1Cl)C1CCCC1. The molecule has 1 saturated carbocycles. The van der Waals surface area contributed by atoms with Gasteiger partial charge in [0.2, 0.25) is 0 Å². The van der Waals surface area contributed by atoms with Crippen molar-refractivity contribution in [1.82, 2.24) is 14.5 Å². The Hall–Kier alpha value is -0.190. The normalized spacial score (nSPS) is 18.2. The highest BCUT2D eigenvalue weighted by molar-refractivity contribution is 7.10. The molecule has 0 amide bonds. The Kier molecular flexibility index (Phi) is 3.36. The van der Waals surface area contributed by atoms with Gasteiger partial charge in [-0.25, -0.2) is 0 Å². The van der Waals surface area contributed by atoms with E-state index in [-0.39, 0.29) is 0 Å². The van der Waals surface area contributed by atoms with Gasteiger partial charge in [-0.1, -0.05) is 28.9 Å². The first-order valence-electron chi connectivity index (χ1n) is 4.94. The van der Waals surface area contributed by atoms with Crippen LogP contribution in [0, 0.1) is 0 Å². The zero-order valence-electron chi connectivity index (χ0n) is 8.24. The zero-order valence-corrected chi connectivity index (χ0v) is 9.81. The Bertz CT molecular complexity index is 296. The van der Waals surface area contributed by atoms with Crippen molar-refractivity contribution in [2.75, 3.05) is 7.05 Å². The molecule has 0 spiro atoms. The second-order valence-electron chi connectivity index (χ2n) is 3.85. The summed E-state index contributed by atoms with van der Waals surface area (Å²) in [5, 5.41) is 4.02. The highest BCUT2D eigenvalue weighted by Crippen LogP contribution is 2.25. The Morgan fingerprint density at radius 3 is 2.79 bits per heavy atom. The van der Waals surface area contributed by atoms with Crippen molar-refractivity contribution < 1.29 is 0 Å². The van der Waals surface area contributed by atoms with E-state index in [1.54, 1.807) is 0 Å². The molecule has 3 nitrogen and oxygen atoms in total. The van der Waals surface area contributed by atoms with Crippen molar-refractivity contribution in [3.8, 4) is 0 Å². The molecule has 0 saturated heterocycles. The van der Waals surface area contributed by atoms with Gasteiger partial charge < -0.3 is 0 Å². The molecule has 1 aliphatic carbocycles. The molecule has 2 rings (SSSR count). The Morgan fingerprint density at radius 2 is 2.21 bits per heavy atom. The minimum atomic E-state index is 0.716. The lowest BCUT2D eigenvalue weighted by Gasteiger charge is -2.22. The van der Waals surface area contributed by atoms with Gasteiger partial charge >= 0.3 is 0 Å². The van der Waals surface area contributed by atoms with E-state index in [1.165, 1.54) is 37.2 Å². The van der Waals surface area contributed by atoms with E-state index >= 15 is 0 Å². The van der Waals surface area contributed by atoms with Crippen LogP contribution in [0.1, 0.15) is 31.4 Å². The van der Waals surface area contributed by atoms with Crippen LogP contribution in [-0.2, 0) is 6.54 Å². The summed E-state index contributed by atoms with van der Waals surface area (Å²) in [4.78, 5) is 2.34. The molecule has 0 aliphatic heterocycles. The van der Waals surface area contributed by atoms with Crippen molar-refractivity contribution in [2.24, 2.45) is 0 Å². The predicted molar refractivity (Wildman–Crippen MR) is 58.6 cm³/mol. The third-order valence-electron chi connectivity index (χ3n) is 2.86. The van der Waals surface area contributed by atoms with Gasteiger partial charge in [-0.2, -0.15) is 0 Å². The topological polar surface area (TPSA) is 29.0 Å². The van der Waals surface area contributed by atoms with Crippen molar-refractivity contribution in [3.05, 3.63) is 10.0 Å². The van der Waals surface area contributed by atoms with Crippen LogP contribution in [0.2, 0.25) is 4.34 Å². The van der Waals surface area contributed by atoms with Crippen LogP contribution in [0.25, 0.3) is 0 Å². The van der Waals surface area contributed by atoms with Crippen LogP contribution in [0.4, 0.5) is 0 Å². The highest BCUT2D eigenvalue weighted by Gasteiger charge is 2.20. The van der Waals surface area contributed by atoms with Gasteiger partial charge in [-0.15, -0.1) is 5.10 Å². The summed E-state index contributed by atoms with van der Waals surface area (Å²) in [5.74, 6) is 0. The molecule has 0 aromatic carbocycles. The molecule has 1 heterocycles. The molecule has 0 atom stereocenters. The lowest BCUT2D eigenvalue weighted by Crippen LogP contribution is -2.28. The summed E-state index contributed by atoms with van der Waals surface area (Å²) < 4.78 is 4.57. The summed E-state index contributed by atoms with van der Waals surface area (Å²) in [6, 6.07) is 0.716. The lowest BCUT2D eigenvalue weighted by molar-refractivity contribution is 0.235. The molecule has 5 heteroatoms. The van der Waals surface area contributed by atoms with Gasteiger partial charge in [0.25, 0.3) is 0 Å². The fourth-order valence-corrected chi connectivity index (χ4v) is 2.61. The largest absolute Gasteiger partial charge is 0.297 e. The Labute approximate surface area is 93.2 Å². The molecule has 1 aliphatic rings. The number of aromatic nitrogens is 2. The van der Waals surface area contributed by atoms with E-state index < -0.39 is 0 Å². The molecule has 1 aromatic rings. The van der Waals surface area contributed by atoms with Crippen molar-refractivity contribution in [3.63, 3.8) is 0 Å². The summed E-state index contributed by atoms with van der Waals surface area (Å²) in [7, 11) is 2.14. The summed E-state index contributed by atoms with van der Waals surface area (Å²) in [6.07, 6.45) is 5.34. The summed E-state index contributed by atoms with van der Waals surface area (Å²) in [6.45, 7) is 0.833. The lowest BCUT2D eigenvalue weighted by atomic mass is 10.2. The zero-order chi connectivity index (χ0) is 9.97. The van der Waals surface area contributed by atoms with Gasteiger partial charge in [0, 0.05) is 24.1 Å². The Balaban J connectivity index is 1.93. The molecule has 1 fully saturated rings. The molecule has 0 bridgehead atoms. The maximum atomic E-state index is 5.96. The molecular formula is C9H14ClN3S. The molecule has 0 unspecified atom stereocenters. The third kappa shape index (κ3) is 2.24. The third-order valence-corrected chi connectivity index (χ3v) is 3.84. The standard InChI is InChI=1S/C9H14ClN3S/c1-13(7-4-2-3-5-7)6-8-9(10)14-12-11-8/h7H,2-6H2,1H3. The minimum absolute atomic E-state index is 0.716. The number of hydrogen-bond donors (Lipinski definition) is 0. The van der Waals surface area contributed by atoms with Crippen LogP contribution >= 0.6 is 23.1 Å². The second-order valence-corrected chi connectivity index (χ2v) is 5.20. The molecule has 78 valence electrons. The van der Waals surface area contributed by atoms with Gasteiger partial charge in [-0.3, -0.25) is 4.90 Å². The number of nitrogens with zero attached hydrogens (tertiary/aromatic N) is 3. The van der Waals surface area contributed by atoms with E-state index in [4.69, 9.17) is 11.6 Å². The molecule has 14 heavy (non-hydrogen) atoms. The average Bonchev–Trinajstić information content (AvgIpc) is 2.77.